The average molecular weight is 420 g/mol. The van der Waals surface area contributed by atoms with Crippen molar-refractivity contribution in [3.05, 3.63) is 28.8 Å². The van der Waals surface area contributed by atoms with Crippen LogP contribution in [0.5, 0.6) is 0 Å². The summed E-state index contributed by atoms with van der Waals surface area (Å²) in [5.41, 5.74) is 2.91. The molecule has 3 unspecified atom stereocenters. The minimum Gasteiger partial charge on any atom is -0.450 e. The van der Waals surface area contributed by atoms with Gasteiger partial charge in [0.2, 0.25) is 0 Å². The maximum atomic E-state index is 12.4. The van der Waals surface area contributed by atoms with Gasteiger partial charge in [0.05, 0.1) is 6.61 Å². The van der Waals surface area contributed by atoms with Crippen LogP contribution in [0, 0.1) is 5.92 Å². The zero-order valence-corrected chi connectivity index (χ0v) is 18.1. The zero-order chi connectivity index (χ0) is 20.0. The van der Waals surface area contributed by atoms with E-state index in [9.17, 15) is 4.79 Å². The number of rotatable bonds is 2. The largest absolute Gasteiger partial charge is 0.450 e. The number of ether oxygens (including phenoxy) is 1. The Hall–Kier alpha value is -1.46. The van der Waals surface area contributed by atoms with Crippen molar-refractivity contribution in [3.63, 3.8) is 0 Å². The molecule has 0 aromatic heterocycles. The fraction of sp³-hybridized carbons (Fsp3) is 0.696. The molecule has 1 aliphatic carbocycles. The molecule has 1 amide bonds. The number of piperidine rings is 2. The molecule has 160 valence electrons. The first kappa shape index (κ1) is 19.5. The highest BCUT2D eigenvalue weighted by atomic mass is 35.5. The summed E-state index contributed by atoms with van der Waals surface area (Å²) in [7, 11) is 0. The second-order valence-electron chi connectivity index (χ2n) is 9.43. The van der Waals surface area contributed by atoms with Gasteiger partial charge in [-0.05, 0) is 88.2 Å². The third-order valence-corrected chi connectivity index (χ3v) is 8.13. The first-order chi connectivity index (χ1) is 14.1. The van der Waals surface area contributed by atoms with Crippen molar-refractivity contribution in [1.29, 1.82) is 0 Å². The lowest BCUT2D eigenvalue weighted by Gasteiger charge is -2.43. The Labute approximate surface area is 180 Å². The van der Waals surface area contributed by atoms with Crippen LogP contribution in [-0.2, 0) is 10.2 Å². The Kier molecular flexibility index (Phi) is 5.15. The number of nitrogens with one attached hydrogen (secondary N) is 1. The van der Waals surface area contributed by atoms with E-state index in [1.807, 2.05) is 17.9 Å². The molecule has 1 spiro atoms. The molecule has 4 heterocycles. The lowest BCUT2D eigenvalue weighted by Crippen LogP contribution is -2.49. The monoisotopic (exact) mass is 419 g/mol. The molecular formula is C23H34ClN3O2. The summed E-state index contributed by atoms with van der Waals surface area (Å²) in [6.07, 6.45) is 6.97. The fourth-order valence-corrected chi connectivity index (χ4v) is 6.47. The number of halogens is 1. The Morgan fingerprint density at radius 1 is 1.28 bits per heavy atom. The average Bonchev–Trinajstić information content (AvgIpc) is 2.88. The normalized spacial score (nSPS) is 30.7. The summed E-state index contributed by atoms with van der Waals surface area (Å²) in [5.74, 6) is 0.617. The van der Waals surface area contributed by atoms with Crippen LogP contribution < -0.4 is 5.32 Å². The molecule has 2 bridgehead atoms. The van der Waals surface area contributed by atoms with E-state index in [2.05, 4.69) is 22.3 Å². The molecule has 1 aromatic rings. The molecule has 29 heavy (non-hydrogen) atoms. The van der Waals surface area contributed by atoms with Crippen molar-refractivity contribution in [2.45, 2.75) is 62.9 Å². The highest BCUT2D eigenvalue weighted by molar-refractivity contribution is 6.30. The van der Waals surface area contributed by atoms with E-state index in [0.717, 1.165) is 44.0 Å². The van der Waals surface area contributed by atoms with Gasteiger partial charge in [-0.25, -0.2) is 4.79 Å². The van der Waals surface area contributed by atoms with E-state index in [4.69, 9.17) is 16.3 Å². The number of nitrogens with zero attached hydrogens (tertiary/aromatic N) is 2. The molecule has 3 saturated heterocycles. The fourth-order valence-electron chi connectivity index (χ4n) is 6.30. The molecule has 4 fully saturated rings. The smallest absolute Gasteiger partial charge is 0.410 e. The minimum absolute atomic E-state index is 0. The van der Waals surface area contributed by atoms with E-state index >= 15 is 0 Å². The number of carbonyl (C=O) groups is 1. The molecule has 5 aliphatic rings. The second-order valence-corrected chi connectivity index (χ2v) is 9.87. The Morgan fingerprint density at radius 2 is 2.10 bits per heavy atom. The van der Waals surface area contributed by atoms with E-state index in [0.29, 0.717) is 24.6 Å². The maximum Gasteiger partial charge on any atom is 0.410 e. The van der Waals surface area contributed by atoms with Gasteiger partial charge in [0, 0.05) is 42.7 Å². The quantitative estimate of drug-likeness (QED) is 0.751. The van der Waals surface area contributed by atoms with Crippen LogP contribution in [-0.4, -0.2) is 60.8 Å². The molecular weight excluding hydrogens is 386 g/mol. The van der Waals surface area contributed by atoms with Gasteiger partial charge < -0.3 is 19.9 Å². The van der Waals surface area contributed by atoms with Gasteiger partial charge in [0.1, 0.15) is 0 Å². The number of likely N-dealkylation sites (tertiary alicyclic amines) is 1. The van der Waals surface area contributed by atoms with Gasteiger partial charge in [-0.3, -0.25) is 0 Å². The first-order valence-corrected chi connectivity index (χ1v) is 11.7. The standard InChI is InChI=1S/C23H32ClN3O2.H2/c1-2-29-22(28)27-14-16-3-5-18(27)13-19(11-16)26-9-7-23(8-10-26)15-25-21-6-4-17(24)12-20(21)23;/h4,6,12,16,18-19,25H,2-3,5,7-11,13-15H2,1H3;1H. The van der Waals surface area contributed by atoms with E-state index < -0.39 is 0 Å². The Bertz CT molecular complexity index is 784. The molecule has 1 aromatic carbocycles. The van der Waals surface area contributed by atoms with E-state index in [1.54, 1.807) is 0 Å². The highest BCUT2D eigenvalue weighted by Gasteiger charge is 2.45. The molecule has 0 radical (unpaired) electrons. The Morgan fingerprint density at radius 3 is 2.90 bits per heavy atom. The summed E-state index contributed by atoms with van der Waals surface area (Å²) in [6.45, 7) is 6.54. The number of hydrogen-bond donors (Lipinski definition) is 1. The van der Waals surface area contributed by atoms with Gasteiger partial charge in [-0.15, -0.1) is 0 Å². The van der Waals surface area contributed by atoms with Crippen molar-refractivity contribution in [2.24, 2.45) is 5.92 Å². The second kappa shape index (κ2) is 7.66. The molecule has 6 rings (SSSR count). The predicted octanol–water partition coefficient (Wildman–Crippen LogP) is 4.74. The summed E-state index contributed by atoms with van der Waals surface area (Å²) < 4.78 is 5.33. The summed E-state index contributed by atoms with van der Waals surface area (Å²) in [4.78, 5) is 17.2. The molecule has 1 saturated carbocycles. The SMILES string of the molecule is CCOC(=O)N1CC2CCC1CC(N1CCC3(CC1)CNc1ccc(Cl)cc13)C2.[HH]. The van der Waals surface area contributed by atoms with Gasteiger partial charge in [-0.2, -0.15) is 0 Å². The summed E-state index contributed by atoms with van der Waals surface area (Å²) in [5, 5.41) is 4.45. The number of fused-ring (bicyclic) bond motifs is 6. The number of amides is 1. The Balaban J connectivity index is 0.00000218. The number of anilines is 1. The number of carbonyl (C=O) groups excluding carboxylic acids is 1. The summed E-state index contributed by atoms with van der Waals surface area (Å²) in [6, 6.07) is 7.23. The molecule has 3 atom stereocenters. The topological polar surface area (TPSA) is 44.8 Å². The molecule has 6 heteroatoms. The zero-order valence-electron chi connectivity index (χ0n) is 17.3. The predicted molar refractivity (Wildman–Crippen MR) is 118 cm³/mol. The maximum absolute atomic E-state index is 12.4. The van der Waals surface area contributed by atoms with Crippen molar-refractivity contribution in [3.8, 4) is 0 Å². The highest BCUT2D eigenvalue weighted by Crippen LogP contribution is 2.46. The van der Waals surface area contributed by atoms with Crippen LogP contribution in [0.15, 0.2) is 18.2 Å². The van der Waals surface area contributed by atoms with Crippen molar-refractivity contribution in [1.82, 2.24) is 9.80 Å². The van der Waals surface area contributed by atoms with Crippen molar-refractivity contribution in [2.75, 3.05) is 38.1 Å². The number of benzene rings is 1. The third-order valence-electron chi connectivity index (χ3n) is 7.90. The first-order valence-electron chi connectivity index (χ1n) is 11.3. The van der Waals surface area contributed by atoms with E-state index in [1.165, 1.54) is 36.9 Å². The van der Waals surface area contributed by atoms with Crippen LogP contribution in [0.25, 0.3) is 0 Å². The summed E-state index contributed by atoms with van der Waals surface area (Å²) >= 11 is 6.31. The lowest BCUT2D eigenvalue weighted by molar-refractivity contribution is 0.0664. The third kappa shape index (κ3) is 3.50. The van der Waals surface area contributed by atoms with Crippen molar-refractivity contribution < 1.29 is 11.0 Å². The molecule has 1 N–H and O–H groups in total. The van der Waals surface area contributed by atoms with Gasteiger partial charge in [0.15, 0.2) is 0 Å². The van der Waals surface area contributed by atoms with Crippen LogP contribution in [0.1, 0.15) is 52.4 Å². The lowest BCUT2D eigenvalue weighted by atomic mass is 9.74. The molecule has 5 nitrogen and oxygen atoms in total. The van der Waals surface area contributed by atoms with Gasteiger partial charge in [-0.1, -0.05) is 11.6 Å². The van der Waals surface area contributed by atoms with Crippen LogP contribution in [0.4, 0.5) is 10.5 Å². The van der Waals surface area contributed by atoms with Crippen LogP contribution in [0.3, 0.4) is 0 Å². The van der Waals surface area contributed by atoms with Crippen LogP contribution >= 0.6 is 11.6 Å². The van der Waals surface area contributed by atoms with Gasteiger partial charge >= 0.3 is 6.09 Å². The molecule has 4 aliphatic heterocycles. The number of hydrogen-bond acceptors (Lipinski definition) is 4. The van der Waals surface area contributed by atoms with Crippen molar-refractivity contribution >= 4 is 23.4 Å². The minimum atomic E-state index is -0.106. The van der Waals surface area contributed by atoms with E-state index in [-0.39, 0.29) is 12.9 Å². The van der Waals surface area contributed by atoms with Crippen LogP contribution in [0.2, 0.25) is 5.02 Å². The van der Waals surface area contributed by atoms with Gasteiger partial charge in [0.25, 0.3) is 0 Å².